The molecular weight excluding hydrogens is 496 g/mol. The van der Waals surface area contributed by atoms with Gasteiger partial charge < -0.3 is 15.2 Å². The number of thiophene rings is 1. The van der Waals surface area contributed by atoms with Crippen LogP contribution < -0.4 is 10.1 Å². The second-order valence-corrected chi connectivity index (χ2v) is 9.21. The molecule has 0 fully saturated rings. The first-order valence-electron chi connectivity index (χ1n) is 11.0. The van der Waals surface area contributed by atoms with Crippen molar-refractivity contribution in [3.05, 3.63) is 82.6 Å². The van der Waals surface area contributed by atoms with Gasteiger partial charge in [-0.15, -0.1) is 11.3 Å². The Hall–Kier alpha value is -3.50. The number of carbonyl (C=O) groups is 1. The molecule has 1 atom stereocenters. The fraction of sp³-hybridized carbons (Fsp3) is 0.231. The van der Waals surface area contributed by atoms with E-state index in [1.807, 2.05) is 0 Å². The first kappa shape index (κ1) is 25.6. The number of alkyl halides is 3. The quantitative estimate of drug-likeness (QED) is 0.295. The van der Waals surface area contributed by atoms with Crippen molar-refractivity contribution in [2.75, 3.05) is 13.2 Å². The number of halogens is 4. The third-order valence-electron chi connectivity index (χ3n) is 5.61. The molecule has 4 rings (SSSR count). The molecule has 0 bridgehead atoms. The van der Waals surface area contributed by atoms with E-state index < -0.39 is 35.7 Å². The van der Waals surface area contributed by atoms with Gasteiger partial charge >= 0.3 is 6.18 Å². The third-order valence-corrected chi connectivity index (χ3v) is 6.73. The molecule has 5 nitrogen and oxygen atoms in total. The van der Waals surface area contributed by atoms with E-state index in [-0.39, 0.29) is 22.9 Å². The van der Waals surface area contributed by atoms with Crippen LogP contribution in [0.3, 0.4) is 0 Å². The van der Waals surface area contributed by atoms with Gasteiger partial charge in [-0.2, -0.15) is 13.2 Å². The lowest BCUT2D eigenvalue weighted by Gasteiger charge is -2.31. The predicted octanol–water partition coefficient (Wildman–Crippen LogP) is 5.99. The summed E-state index contributed by atoms with van der Waals surface area (Å²) in [6, 6.07) is 14.8. The largest absolute Gasteiger partial charge is 0.491 e. The van der Waals surface area contributed by atoms with Crippen LogP contribution in [0, 0.1) is 12.7 Å². The fourth-order valence-corrected chi connectivity index (χ4v) is 4.71. The Morgan fingerprint density at radius 2 is 1.81 bits per heavy atom. The predicted molar refractivity (Wildman–Crippen MR) is 130 cm³/mol. The van der Waals surface area contributed by atoms with E-state index in [4.69, 9.17) is 4.74 Å². The van der Waals surface area contributed by atoms with Crippen molar-refractivity contribution in [2.45, 2.75) is 25.6 Å². The van der Waals surface area contributed by atoms with Gasteiger partial charge in [-0.05, 0) is 67.3 Å². The molecule has 0 saturated carbocycles. The molecule has 188 valence electrons. The molecule has 0 aliphatic carbocycles. The highest BCUT2D eigenvalue weighted by Gasteiger charge is 2.56. The van der Waals surface area contributed by atoms with Crippen LogP contribution in [0.15, 0.2) is 60.7 Å². The summed E-state index contributed by atoms with van der Waals surface area (Å²) in [6.07, 6.45) is -5.17. The number of pyridine rings is 1. The Bertz CT molecular complexity index is 1370. The van der Waals surface area contributed by atoms with Crippen molar-refractivity contribution in [2.24, 2.45) is 0 Å². The minimum absolute atomic E-state index is 0.0188. The minimum Gasteiger partial charge on any atom is -0.491 e. The van der Waals surface area contributed by atoms with Gasteiger partial charge in [0.05, 0.1) is 23.7 Å². The van der Waals surface area contributed by atoms with Gasteiger partial charge in [0.1, 0.15) is 17.3 Å². The molecule has 36 heavy (non-hydrogen) atoms. The highest BCUT2D eigenvalue weighted by atomic mass is 32.1. The number of aliphatic hydroxyl groups is 1. The van der Waals surface area contributed by atoms with Crippen LogP contribution in [-0.4, -0.2) is 35.3 Å². The van der Waals surface area contributed by atoms with E-state index in [0.29, 0.717) is 11.1 Å². The van der Waals surface area contributed by atoms with Crippen molar-refractivity contribution in [3.8, 4) is 17.0 Å². The zero-order valence-electron chi connectivity index (χ0n) is 19.3. The number of nitrogens with one attached hydrogen (secondary N) is 1. The molecule has 0 aliphatic heterocycles. The van der Waals surface area contributed by atoms with Gasteiger partial charge in [-0.1, -0.05) is 18.2 Å². The molecule has 0 aliphatic rings. The van der Waals surface area contributed by atoms with Crippen molar-refractivity contribution in [1.29, 1.82) is 0 Å². The number of benzene rings is 2. The summed E-state index contributed by atoms with van der Waals surface area (Å²) < 4.78 is 62.6. The normalized spacial score (nSPS) is 13.4. The maximum absolute atomic E-state index is 14.3. The number of fused-ring (bicyclic) bond motifs is 1. The minimum atomic E-state index is -5.17. The van der Waals surface area contributed by atoms with Gasteiger partial charge in [0.15, 0.2) is 0 Å². The number of rotatable bonds is 7. The summed E-state index contributed by atoms with van der Waals surface area (Å²) in [5, 5.41) is 13.9. The molecule has 2 heterocycles. The van der Waals surface area contributed by atoms with Crippen LogP contribution in [0.1, 0.15) is 27.9 Å². The number of hydrogen-bond acceptors (Lipinski definition) is 5. The standard InChI is InChI=1S/C26H22F4N2O3S/c1-3-35-23-15(2)12-21(32-22(23)16-8-10-18(27)11-9-16)25(34,26(28,29)30)14-31-24(33)20-13-17-6-4-5-7-19(17)36-20/h4-13,34H,3,14H2,1-2H3,(H,31,33)/t25-/m0/s1. The molecule has 2 aromatic heterocycles. The fourth-order valence-electron chi connectivity index (χ4n) is 3.73. The Balaban J connectivity index is 1.72. The molecule has 2 aromatic carbocycles. The number of hydrogen-bond donors (Lipinski definition) is 2. The van der Waals surface area contributed by atoms with Crippen LogP contribution in [-0.2, 0) is 5.60 Å². The smallest absolute Gasteiger partial charge is 0.424 e. The third kappa shape index (κ3) is 4.91. The molecule has 0 unspecified atom stereocenters. The number of aromatic nitrogens is 1. The summed E-state index contributed by atoms with van der Waals surface area (Å²) in [6.45, 7) is 2.28. The van der Waals surface area contributed by atoms with Gasteiger partial charge in [-0.25, -0.2) is 9.37 Å². The lowest BCUT2D eigenvalue weighted by Crippen LogP contribution is -2.51. The maximum atomic E-state index is 14.3. The van der Waals surface area contributed by atoms with Crippen molar-refractivity contribution in [1.82, 2.24) is 10.3 Å². The lowest BCUT2D eigenvalue weighted by molar-refractivity contribution is -0.265. The monoisotopic (exact) mass is 518 g/mol. The highest BCUT2D eigenvalue weighted by Crippen LogP contribution is 2.41. The first-order valence-corrected chi connectivity index (χ1v) is 11.8. The Labute approximate surface area is 208 Å². The average molecular weight is 519 g/mol. The maximum Gasteiger partial charge on any atom is 0.424 e. The van der Waals surface area contributed by atoms with E-state index >= 15 is 0 Å². The molecule has 4 aromatic rings. The SMILES string of the molecule is CCOc1c(C)cc([C@@](O)(CNC(=O)c2cc3ccccc3s2)C(F)(F)F)nc1-c1ccc(F)cc1. The van der Waals surface area contributed by atoms with Crippen LogP contribution in [0.25, 0.3) is 21.3 Å². The van der Waals surface area contributed by atoms with Crippen molar-refractivity contribution >= 4 is 27.3 Å². The number of amides is 1. The van der Waals surface area contributed by atoms with Gasteiger partial charge in [0, 0.05) is 10.3 Å². The molecule has 2 N–H and O–H groups in total. The number of ether oxygens (including phenoxy) is 1. The van der Waals surface area contributed by atoms with Crippen molar-refractivity contribution < 1.29 is 32.2 Å². The number of carbonyl (C=O) groups excluding carboxylic acids is 1. The molecule has 10 heteroatoms. The number of nitrogens with zero attached hydrogens (tertiary/aromatic N) is 1. The molecule has 0 spiro atoms. The topological polar surface area (TPSA) is 71.5 Å². The molecule has 0 radical (unpaired) electrons. The van der Waals surface area contributed by atoms with E-state index in [1.54, 1.807) is 37.3 Å². The Morgan fingerprint density at radius 1 is 1.11 bits per heavy atom. The zero-order chi connectivity index (χ0) is 26.1. The second kappa shape index (κ2) is 9.87. The highest BCUT2D eigenvalue weighted by molar-refractivity contribution is 7.20. The van der Waals surface area contributed by atoms with Crippen LogP contribution in [0.2, 0.25) is 0 Å². The van der Waals surface area contributed by atoms with Crippen LogP contribution >= 0.6 is 11.3 Å². The summed E-state index contributed by atoms with van der Waals surface area (Å²) in [5.74, 6) is -1.06. The Kier molecular flexibility index (Phi) is 7.01. The first-order chi connectivity index (χ1) is 17.0. The summed E-state index contributed by atoms with van der Waals surface area (Å²) in [4.78, 5) is 17.0. The summed E-state index contributed by atoms with van der Waals surface area (Å²) in [7, 11) is 0. The van der Waals surface area contributed by atoms with E-state index in [1.165, 1.54) is 19.1 Å². The number of aryl methyl sites for hydroxylation is 1. The average Bonchev–Trinajstić information content (AvgIpc) is 3.28. The lowest BCUT2D eigenvalue weighted by atomic mass is 9.95. The van der Waals surface area contributed by atoms with E-state index in [2.05, 4.69) is 10.3 Å². The van der Waals surface area contributed by atoms with Gasteiger partial charge in [0.2, 0.25) is 5.60 Å². The summed E-state index contributed by atoms with van der Waals surface area (Å²) >= 11 is 1.13. The molecule has 1 amide bonds. The molecular formula is C26H22F4N2O3S. The molecule has 0 saturated heterocycles. The Morgan fingerprint density at radius 3 is 2.44 bits per heavy atom. The van der Waals surface area contributed by atoms with E-state index in [0.717, 1.165) is 39.6 Å². The second-order valence-electron chi connectivity index (χ2n) is 8.13. The van der Waals surface area contributed by atoms with Gasteiger partial charge in [-0.3, -0.25) is 4.79 Å². The summed E-state index contributed by atoms with van der Waals surface area (Å²) in [5.41, 5.74) is -3.59. The van der Waals surface area contributed by atoms with Gasteiger partial charge in [0.25, 0.3) is 5.91 Å². The zero-order valence-corrected chi connectivity index (χ0v) is 20.1. The van der Waals surface area contributed by atoms with E-state index in [9.17, 15) is 27.5 Å². The van der Waals surface area contributed by atoms with Crippen molar-refractivity contribution in [3.63, 3.8) is 0 Å². The van der Waals surface area contributed by atoms with Crippen LogP contribution in [0.4, 0.5) is 17.6 Å². The van der Waals surface area contributed by atoms with Crippen LogP contribution in [0.5, 0.6) is 5.75 Å².